The smallest absolute Gasteiger partial charge is 0.314 e. The average Bonchev–Trinajstić information content (AvgIpc) is 2.54. The van der Waals surface area contributed by atoms with E-state index in [9.17, 15) is 14.9 Å². The number of nitro groups is 1. The molecule has 1 fully saturated rings. The van der Waals surface area contributed by atoms with Crippen LogP contribution in [-0.2, 0) is 4.79 Å². The molecule has 1 amide bonds. The van der Waals surface area contributed by atoms with E-state index in [0.29, 0.717) is 11.7 Å². The van der Waals surface area contributed by atoms with Crippen molar-refractivity contribution in [2.24, 2.45) is 5.92 Å². The molecule has 2 atom stereocenters. The van der Waals surface area contributed by atoms with Crippen LogP contribution in [0.2, 0.25) is 0 Å². The summed E-state index contributed by atoms with van der Waals surface area (Å²) < 4.78 is 10.3. The van der Waals surface area contributed by atoms with Crippen molar-refractivity contribution in [3.05, 3.63) is 28.3 Å². The van der Waals surface area contributed by atoms with Gasteiger partial charge in [-0.05, 0) is 30.9 Å². The Hall–Kier alpha value is -2.31. The molecule has 7 heteroatoms. The number of nitrogens with one attached hydrogen (secondary N) is 1. The number of nitro benzene ring substituents is 1. The van der Waals surface area contributed by atoms with Gasteiger partial charge in [-0.1, -0.05) is 19.8 Å². The van der Waals surface area contributed by atoms with Gasteiger partial charge in [-0.2, -0.15) is 0 Å². The summed E-state index contributed by atoms with van der Waals surface area (Å²) in [6.07, 6.45) is 4.38. The molecule has 0 aromatic heterocycles. The molecule has 0 saturated heterocycles. The monoisotopic (exact) mass is 322 g/mol. The third kappa shape index (κ3) is 4.58. The molecule has 1 aliphatic rings. The van der Waals surface area contributed by atoms with Crippen LogP contribution in [0, 0.1) is 16.0 Å². The standard InChI is InChI=1S/C16H22N2O5/c1-11-5-3-4-6-13(11)17-16(19)10-23-15-8-7-12(22-2)9-14(15)18(20)21/h7-9,11,13H,3-6,10H2,1-2H3,(H,17,19)/t11-,13+/m1/s1. The molecule has 0 unspecified atom stereocenters. The number of rotatable bonds is 6. The maximum atomic E-state index is 12.0. The molecular weight excluding hydrogens is 300 g/mol. The maximum absolute atomic E-state index is 12.0. The van der Waals surface area contributed by atoms with Gasteiger partial charge in [-0.3, -0.25) is 14.9 Å². The molecule has 0 spiro atoms. The number of methoxy groups -OCH3 is 1. The quantitative estimate of drug-likeness (QED) is 0.642. The van der Waals surface area contributed by atoms with E-state index in [1.165, 1.54) is 25.7 Å². The number of carbonyl (C=O) groups is 1. The zero-order chi connectivity index (χ0) is 16.8. The Labute approximate surface area is 135 Å². The largest absolute Gasteiger partial charge is 0.496 e. The first-order valence-electron chi connectivity index (χ1n) is 7.76. The number of hydrogen-bond donors (Lipinski definition) is 1. The van der Waals surface area contributed by atoms with Crippen molar-refractivity contribution in [2.75, 3.05) is 13.7 Å². The van der Waals surface area contributed by atoms with E-state index in [2.05, 4.69) is 12.2 Å². The van der Waals surface area contributed by atoms with E-state index in [1.54, 1.807) is 6.07 Å². The lowest BCUT2D eigenvalue weighted by atomic mass is 9.86. The number of benzene rings is 1. The summed E-state index contributed by atoms with van der Waals surface area (Å²) in [4.78, 5) is 22.5. The molecule has 1 aliphatic carbocycles. The second-order valence-corrected chi connectivity index (χ2v) is 5.82. The van der Waals surface area contributed by atoms with Gasteiger partial charge in [0, 0.05) is 6.04 Å². The lowest BCUT2D eigenvalue weighted by Crippen LogP contribution is -2.43. The van der Waals surface area contributed by atoms with Crippen molar-refractivity contribution in [2.45, 2.75) is 38.6 Å². The molecular formula is C16H22N2O5. The molecule has 1 aromatic rings. The van der Waals surface area contributed by atoms with E-state index in [4.69, 9.17) is 9.47 Å². The highest BCUT2D eigenvalue weighted by Crippen LogP contribution is 2.31. The van der Waals surface area contributed by atoms with E-state index >= 15 is 0 Å². The first-order valence-corrected chi connectivity index (χ1v) is 7.76. The van der Waals surface area contributed by atoms with Crippen molar-refractivity contribution < 1.29 is 19.2 Å². The molecule has 0 heterocycles. The van der Waals surface area contributed by atoms with Crippen LogP contribution in [0.25, 0.3) is 0 Å². The van der Waals surface area contributed by atoms with Crippen LogP contribution in [0.15, 0.2) is 18.2 Å². The molecule has 0 radical (unpaired) electrons. The number of carbonyl (C=O) groups excluding carboxylic acids is 1. The van der Waals surface area contributed by atoms with Crippen molar-refractivity contribution in [1.29, 1.82) is 0 Å². The highest BCUT2D eigenvalue weighted by molar-refractivity contribution is 5.78. The molecule has 126 valence electrons. The zero-order valence-corrected chi connectivity index (χ0v) is 13.4. The summed E-state index contributed by atoms with van der Waals surface area (Å²) >= 11 is 0. The fraction of sp³-hybridized carbons (Fsp3) is 0.562. The number of amides is 1. The summed E-state index contributed by atoms with van der Waals surface area (Å²) in [5, 5.41) is 14.0. The Balaban J connectivity index is 1.94. The van der Waals surface area contributed by atoms with Crippen molar-refractivity contribution in [3.63, 3.8) is 0 Å². The van der Waals surface area contributed by atoms with Gasteiger partial charge in [0.2, 0.25) is 0 Å². The third-order valence-corrected chi connectivity index (χ3v) is 4.18. The predicted octanol–water partition coefficient (Wildman–Crippen LogP) is 2.68. The van der Waals surface area contributed by atoms with Crippen LogP contribution in [0.1, 0.15) is 32.6 Å². The first kappa shape index (κ1) is 17.1. The topological polar surface area (TPSA) is 90.7 Å². The van der Waals surface area contributed by atoms with E-state index in [1.807, 2.05) is 0 Å². The van der Waals surface area contributed by atoms with Crippen molar-refractivity contribution >= 4 is 11.6 Å². The minimum absolute atomic E-state index is 0.0580. The maximum Gasteiger partial charge on any atom is 0.314 e. The second-order valence-electron chi connectivity index (χ2n) is 5.82. The molecule has 7 nitrogen and oxygen atoms in total. The molecule has 0 bridgehead atoms. The Bertz CT molecular complexity index is 576. The van der Waals surface area contributed by atoms with Gasteiger partial charge in [-0.15, -0.1) is 0 Å². The summed E-state index contributed by atoms with van der Waals surface area (Å²) in [5.74, 6) is 0.615. The van der Waals surface area contributed by atoms with Gasteiger partial charge in [-0.25, -0.2) is 0 Å². The molecule has 1 aromatic carbocycles. The predicted molar refractivity (Wildman–Crippen MR) is 84.7 cm³/mol. The minimum atomic E-state index is -0.557. The van der Waals surface area contributed by atoms with Gasteiger partial charge in [0.1, 0.15) is 5.75 Å². The fourth-order valence-corrected chi connectivity index (χ4v) is 2.81. The lowest BCUT2D eigenvalue weighted by molar-refractivity contribution is -0.385. The second kappa shape index (κ2) is 7.80. The van der Waals surface area contributed by atoms with Crippen LogP contribution in [0.4, 0.5) is 5.69 Å². The Morgan fingerprint density at radius 1 is 1.39 bits per heavy atom. The van der Waals surface area contributed by atoms with Crippen molar-refractivity contribution in [3.8, 4) is 11.5 Å². The van der Waals surface area contributed by atoms with Crippen LogP contribution in [0.5, 0.6) is 11.5 Å². The summed E-state index contributed by atoms with van der Waals surface area (Å²) in [6.45, 7) is 1.88. The normalized spacial score (nSPS) is 20.6. The third-order valence-electron chi connectivity index (χ3n) is 4.18. The summed E-state index contributed by atoms with van der Waals surface area (Å²) in [5.41, 5.74) is -0.219. The fourth-order valence-electron chi connectivity index (χ4n) is 2.81. The lowest BCUT2D eigenvalue weighted by Gasteiger charge is -2.29. The van der Waals surface area contributed by atoms with E-state index in [0.717, 1.165) is 19.3 Å². The van der Waals surface area contributed by atoms with Gasteiger partial charge < -0.3 is 14.8 Å². The van der Waals surface area contributed by atoms with Crippen molar-refractivity contribution in [1.82, 2.24) is 5.32 Å². The number of hydrogen-bond acceptors (Lipinski definition) is 5. The Kier molecular flexibility index (Phi) is 5.78. The van der Waals surface area contributed by atoms with Crippen LogP contribution < -0.4 is 14.8 Å². The molecule has 1 N–H and O–H groups in total. The zero-order valence-electron chi connectivity index (χ0n) is 13.4. The van der Waals surface area contributed by atoms with Gasteiger partial charge in [0.15, 0.2) is 12.4 Å². The summed E-state index contributed by atoms with van der Waals surface area (Å²) in [6, 6.07) is 4.43. The minimum Gasteiger partial charge on any atom is -0.496 e. The van der Waals surface area contributed by atoms with Crippen LogP contribution >= 0.6 is 0 Å². The Morgan fingerprint density at radius 3 is 2.78 bits per heavy atom. The molecule has 0 aliphatic heterocycles. The number of ether oxygens (including phenoxy) is 2. The average molecular weight is 322 g/mol. The SMILES string of the molecule is COc1ccc(OCC(=O)N[C@H]2CCCC[C@H]2C)c([N+](=O)[O-])c1. The summed E-state index contributed by atoms with van der Waals surface area (Å²) in [7, 11) is 1.43. The van der Waals surface area contributed by atoms with E-state index in [-0.39, 0.29) is 30.0 Å². The first-order chi connectivity index (χ1) is 11.0. The van der Waals surface area contributed by atoms with E-state index < -0.39 is 4.92 Å². The van der Waals surface area contributed by atoms with Gasteiger partial charge in [0.25, 0.3) is 5.91 Å². The Morgan fingerprint density at radius 2 is 2.13 bits per heavy atom. The van der Waals surface area contributed by atoms with Crippen LogP contribution in [0.3, 0.4) is 0 Å². The van der Waals surface area contributed by atoms with Gasteiger partial charge >= 0.3 is 5.69 Å². The molecule has 23 heavy (non-hydrogen) atoms. The van der Waals surface area contributed by atoms with Crippen LogP contribution in [-0.4, -0.2) is 30.6 Å². The molecule has 1 saturated carbocycles. The van der Waals surface area contributed by atoms with Gasteiger partial charge in [0.05, 0.1) is 18.1 Å². The molecule has 2 rings (SSSR count). The number of nitrogens with zero attached hydrogens (tertiary/aromatic N) is 1. The highest BCUT2D eigenvalue weighted by Gasteiger charge is 2.23. The highest BCUT2D eigenvalue weighted by atomic mass is 16.6.